The van der Waals surface area contributed by atoms with E-state index in [1.807, 2.05) is 19.0 Å². The fourth-order valence-electron chi connectivity index (χ4n) is 1.52. The molecule has 0 heterocycles. The summed E-state index contributed by atoms with van der Waals surface area (Å²) in [6, 6.07) is 2.81. The Kier molecular flexibility index (Phi) is 5.53. The van der Waals surface area contributed by atoms with Gasteiger partial charge in [-0.2, -0.15) is 0 Å². The van der Waals surface area contributed by atoms with Gasteiger partial charge in [0, 0.05) is 18.1 Å². The Morgan fingerprint density at radius 2 is 2.17 bits per heavy atom. The molecule has 0 aromatic heterocycles. The monoisotopic (exact) mass is 274 g/mol. The standard InChI is InChI=1S/C12H16ClFN2O2/c1-16(2)4-3-15-11(12(17)18)8-5-9(13)7-10(14)6-8/h5-7,11,15H,3-4H2,1-2H3,(H,17,18). The molecule has 0 radical (unpaired) electrons. The quantitative estimate of drug-likeness (QED) is 0.830. The van der Waals surface area contributed by atoms with Crippen molar-refractivity contribution in [3.05, 3.63) is 34.6 Å². The van der Waals surface area contributed by atoms with Crippen LogP contribution in [0.3, 0.4) is 0 Å². The molecule has 0 aliphatic heterocycles. The van der Waals surface area contributed by atoms with E-state index in [1.165, 1.54) is 12.1 Å². The fraction of sp³-hybridized carbons (Fsp3) is 0.417. The summed E-state index contributed by atoms with van der Waals surface area (Å²) >= 11 is 5.71. The van der Waals surface area contributed by atoms with Gasteiger partial charge < -0.3 is 10.0 Å². The van der Waals surface area contributed by atoms with Crippen molar-refractivity contribution in [2.75, 3.05) is 27.2 Å². The molecule has 0 saturated carbocycles. The summed E-state index contributed by atoms with van der Waals surface area (Å²) < 4.78 is 13.2. The minimum Gasteiger partial charge on any atom is -0.480 e. The summed E-state index contributed by atoms with van der Waals surface area (Å²) in [4.78, 5) is 13.1. The predicted molar refractivity (Wildman–Crippen MR) is 68.3 cm³/mol. The first-order valence-electron chi connectivity index (χ1n) is 5.47. The first-order valence-corrected chi connectivity index (χ1v) is 5.85. The van der Waals surface area contributed by atoms with Crippen molar-refractivity contribution in [1.29, 1.82) is 0 Å². The second kappa shape index (κ2) is 6.68. The minimum atomic E-state index is -1.06. The van der Waals surface area contributed by atoms with E-state index in [-0.39, 0.29) is 5.02 Å². The van der Waals surface area contributed by atoms with Gasteiger partial charge in [0.25, 0.3) is 0 Å². The number of carbonyl (C=O) groups is 1. The zero-order valence-corrected chi connectivity index (χ0v) is 11.0. The van der Waals surface area contributed by atoms with Crippen molar-refractivity contribution >= 4 is 17.6 Å². The molecule has 1 atom stereocenters. The van der Waals surface area contributed by atoms with Gasteiger partial charge >= 0.3 is 5.97 Å². The molecule has 1 aromatic carbocycles. The average Bonchev–Trinajstić information content (AvgIpc) is 2.21. The van der Waals surface area contributed by atoms with Gasteiger partial charge in [-0.25, -0.2) is 4.39 Å². The van der Waals surface area contributed by atoms with Crippen molar-refractivity contribution < 1.29 is 14.3 Å². The van der Waals surface area contributed by atoms with Gasteiger partial charge in [-0.05, 0) is 37.9 Å². The van der Waals surface area contributed by atoms with Crippen LogP contribution < -0.4 is 5.32 Å². The van der Waals surface area contributed by atoms with Crippen molar-refractivity contribution in [3.8, 4) is 0 Å². The van der Waals surface area contributed by atoms with E-state index in [2.05, 4.69) is 5.32 Å². The molecule has 4 nitrogen and oxygen atoms in total. The molecule has 1 unspecified atom stereocenters. The zero-order valence-electron chi connectivity index (χ0n) is 10.3. The molecule has 1 rings (SSSR count). The number of carboxylic acid groups (broad SMARTS) is 1. The smallest absolute Gasteiger partial charge is 0.325 e. The van der Waals surface area contributed by atoms with Crippen LogP contribution >= 0.6 is 11.6 Å². The lowest BCUT2D eigenvalue weighted by molar-refractivity contribution is -0.139. The Hall–Kier alpha value is -1.17. The Morgan fingerprint density at radius 3 is 2.67 bits per heavy atom. The highest BCUT2D eigenvalue weighted by molar-refractivity contribution is 6.30. The van der Waals surface area contributed by atoms with Gasteiger partial charge in [-0.1, -0.05) is 11.6 Å². The van der Waals surface area contributed by atoms with Crippen LogP contribution in [0.15, 0.2) is 18.2 Å². The number of benzene rings is 1. The predicted octanol–water partition coefficient (Wildman–Crippen LogP) is 1.76. The molecule has 0 fully saturated rings. The normalized spacial score (nSPS) is 12.7. The summed E-state index contributed by atoms with van der Waals surface area (Å²) in [6.07, 6.45) is 0. The highest BCUT2D eigenvalue weighted by atomic mass is 35.5. The van der Waals surface area contributed by atoms with E-state index < -0.39 is 17.8 Å². The van der Waals surface area contributed by atoms with Gasteiger partial charge in [0.15, 0.2) is 0 Å². The highest BCUT2D eigenvalue weighted by Gasteiger charge is 2.20. The van der Waals surface area contributed by atoms with Gasteiger partial charge in [0.05, 0.1) is 0 Å². The lowest BCUT2D eigenvalue weighted by Gasteiger charge is -2.17. The maximum atomic E-state index is 13.2. The lowest BCUT2D eigenvalue weighted by Crippen LogP contribution is -2.34. The Morgan fingerprint density at radius 1 is 1.50 bits per heavy atom. The van der Waals surface area contributed by atoms with Gasteiger partial charge in [-0.3, -0.25) is 10.1 Å². The van der Waals surface area contributed by atoms with Crippen LogP contribution in [-0.4, -0.2) is 43.2 Å². The minimum absolute atomic E-state index is 0.186. The van der Waals surface area contributed by atoms with Crippen LogP contribution in [0.1, 0.15) is 11.6 Å². The number of hydrogen-bond acceptors (Lipinski definition) is 3. The van der Waals surface area contributed by atoms with Crippen molar-refractivity contribution in [3.63, 3.8) is 0 Å². The number of halogens is 2. The van der Waals surface area contributed by atoms with Gasteiger partial charge in [0.1, 0.15) is 11.9 Å². The third kappa shape index (κ3) is 4.60. The number of likely N-dealkylation sites (N-methyl/N-ethyl adjacent to an activating group) is 1. The molecule has 0 aliphatic rings. The third-order valence-electron chi connectivity index (χ3n) is 2.37. The second-order valence-electron chi connectivity index (χ2n) is 4.23. The number of nitrogens with one attached hydrogen (secondary N) is 1. The van der Waals surface area contributed by atoms with E-state index in [9.17, 15) is 9.18 Å². The van der Waals surface area contributed by atoms with Crippen molar-refractivity contribution in [1.82, 2.24) is 10.2 Å². The first-order chi connectivity index (χ1) is 8.40. The van der Waals surface area contributed by atoms with E-state index in [4.69, 9.17) is 16.7 Å². The molecule has 1 aromatic rings. The summed E-state index contributed by atoms with van der Waals surface area (Å²) in [6.45, 7) is 1.17. The lowest BCUT2D eigenvalue weighted by atomic mass is 10.1. The maximum Gasteiger partial charge on any atom is 0.325 e. The summed E-state index contributed by atoms with van der Waals surface area (Å²) in [5.74, 6) is -1.60. The number of hydrogen-bond donors (Lipinski definition) is 2. The third-order valence-corrected chi connectivity index (χ3v) is 2.59. The fourth-order valence-corrected chi connectivity index (χ4v) is 1.75. The van der Waals surface area contributed by atoms with Gasteiger partial charge in [0.2, 0.25) is 0 Å². The topological polar surface area (TPSA) is 52.6 Å². The zero-order chi connectivity index (χ0) is 13.7. The molecule has 0 amide bonds. The van der Waals surface area contributed by atoms with Crippen LogP contribution in [-0.2, 0) is 4.79 Å². The number of rotatable bonds is 6. The average molecular weight is 275 g/mol. The number of carboxylic acids is 1. The van der Waals surface area contributed by atoms with E-state index in [0.29, 0.717) is 18.7 Å². The molecule has 0 bridgehead atoms. The SMILES string of the molecule is CN(C)CCNC(C(=O)O)c1cc(F)cc(Cl)c1. The Labute approximate surface area is 110 Å². The largest absolute Gasteiger partial charge is 0.480 e. The van der Waals surface area contributed by atoms with Crippen LogP contribution in [0.25, 0.3) is 0 Å². The molecule has 18 heavy (non-hydrogen) atoms. The molecule has 100 valence electrons. The van der Waals surface area contributed by atoms with Gasteiger partial charge in [-0.15, -0.1) is 0 Å². The Bertz CT molecular complexity index is 406. The first kappa shape index (κ1) is 14.9. The molecule has 0 aliphatic carbocycles. The molecule has 2 N–H and O–H groups in total. The summed E-state index contributed by atoms with van der Waals surface area (Å²) in [5, 5.41) is 12.2. The van der Waals surface area contributed by atoms with E-state index in [0.717, 1.165) is 6.07 Å². The second-order valence-corrected chi connectivity index (χ2v) is 4.67. The summed E-state index contributed by atoms with van der Waals surface area (Å²) in [7, 11) is 3.77. The van der Waals surface area contributed by atoms with Crippen molar-refractivity contribution in [2.24, 2.45) is 0 Å². The van der Waals surface area contributed by atoms with Crippen molar-refractivity contribution in [2.45, 2.75) is 6.04 Å². The maximum absolute atomic E-state index is 13.2. The van der Waals surface area contributed by atoms with Crippen LogP contribution in [0.2, 0.25) is 5.02 Å². The van der Waals surface area contributed by atoms with E-state index >= 15 is 0 Å². The molecular formula is C12H16ClFN2O2. The Balaban J connectivity index is 2.80. The van der Waals surface area contributed by atoms with Crippen LogP contribution in [0.4, 0.5) is 4.39 Å². The molecule has 0 spiro atoms. The van der Waals surface area contributed by atoms with E-state index in [1.54, 1.807) is 0 Å². The number of aliphatic carboxylic acids is 1. The molecule has 0 saturated heterocycles. The van der Waals surface area contributed by atoms with Crippen LogP contribution in [0.5, 0.6) is 0 Å². The number of nitrogens with zero attached hydrogens (tertiary/aromatic N) is 1. The van der Waals surface area contributed by atoms with Crippen LogP contribution in [0, 0.1) is 5.82 Å². The molecular weight excluding hydrogens is 259 g/mol. The highest BCUT2D eigenvalue weighted by Crippen LogP contribution is 2.20. The molecule has 6 heteroatoms. The summed E-state index contributed by atoms with van der Waals surface area (Å²) in [5.41, 5.74) is 0.311.